The molecule has 0 unspecified atom stereocenters. The Balaban J connectivity index is 1.60. The number of Topliss-reactive ketones (excluding diaryl/α,β-unsaturated/α-hetero) is 1. The average Bonchev–Trinajstić information content (AvgIpc) is 3.35. The zero-order chi connectivity index (χ0) is 19.1. The molecule has 2 aliphatic heterocycles. The number of fused-ring (bicyclic) bond motifs is 1. The van der Waals surface area contributed by atoms with Crippen molar-refractivity contribution in [3.05, 3.63) is 39.9 Å². The monoisotopic (exact) mass is 436 g/mol. The minimum absolute atomic E-state index is 0.140. The van der Waals surface area contributed by atoms with Crippen molar-refractivity contribution in [3.63, 3.8) is 0 Å². The second-order valence-electron chi connectivity index (χ2n) is 5.99. The molecule has 7 nitrogen and oxygen atoms in total. The van der Waals surface area contributed by atoms with Gasteiger partial charge in [0, 0.05) is 10.0 Å². The minimum atomic E-state index is -0.593. The summed E-state index contributed by atoms with van der Waals surface area (Å²) in [5.74, 6) is 2.56. The van der Waals surface area contributed by atoms with Crippen LogP contribution in [0.15, 0.2) is 28.7 Å². The second-order valence-corrected chi connectivity index (χ2v) is 6.84. The highest BCUT2D eigenvalue weighted by molar-refractivity contribution is 9.10. The standard InChI is InChI=1S/C19H17BrO7/c1-22-12-6-10(11(20)7-13(12)23-2)16(21)19-17(27-19)9-4-14(24-3)18-15(5-9)25-8-26-18/h4-7,17,19H,8H2,1-3H3/t17-,19+/m1/s1. The van der Waals surface area contributed by atoms with Crippen molar-refractivity contribution in [2.45, 2.75) is 12.2 Å². The van der Waals surface area contributed by atoms with Gasteiger partial charge in [-0.05, 0) is 45.8 Å². The van der Waals surface area contributed by atoms with Crippen LogP contribution in [0.3, 0.4) is 0 Å². The van der Waals surface area contributed by atoms with Gasteiger partial charge in [0.25, 0.3) is 0 Å². The molecular formula is C19H17BrO7. The van der Waals surface area contributed by atoms with E-state index in [1.165, 1.54) is 7.11 Å². The van der Waals surface area contributed by atoms with Crippen LogP contribution in [0.2, 0.25) is 0 Å². The molecule has 142 valence electrons. The molecule has 2 heterocycles. The summed E-state index contributed by atoms with van der Waals surface area (Å²) in [7, 11) is 4.62. The molecule has 2 aromatic carbocycles. The fourth-order valence-electron chi connectivity index (χ4n) is 3.08. The third-order valence-electron chi connectivity index (χ3n) is 4.50. The Morgan fingerprint density at radius 2 is 1.70 bits per heavy atom. The van der Waals surface area contributed by atoms with E-state index < -0.39 is 6.10 Å². The first-order chi connectivity index (χ1) is 13.1. The Labute approximate surface area is 164 Å². The van der Waals surface area contributed by atoms with Gasteiger partial charge in [-0.3, -0.25) is 4.79 Å². The molecule has 0 amide bonds. The number of ketones is 1. The van der Waals surface area contributed by atoms with E-state index in [9.17, 15) is 4.79 Å². The number of rotatable bonds is 6. The molecule has 8 heteroatoms. The van der Waals surface area contributed by atoms with Crippen LogP contribution < -0.4 is 23.7 Å². The Kier molecular flexibility index (Phi) is 4.61. The number of halogens is 1. The second kappa shape index (κ2) is 6.94. The normalized spacial score (nSPS) is 19.6. The number of carbonyl (C=O) groups excluding carboxylic acids is 1. The number of hydrogen-bond acceptors (Lipinski definition) is 7. The first-order valence-corrected chi connectivity index (χ1v) is 8.95. The zero-order valence-electron chi connectivity index (χ0n) is 14.9. The van der Waals surface area contributed by atoms with E-state index in [1.807, 2.05) is 6.07 Å². The van der Waals surface area contributed by atoms with Gasteiger partial charge >= 0.3 is 0 Å². The first kappa shape index (κ1) is 17.9. The molecule has 0 N–H and O–H groups in total. The van der Waals surface area contributed by atoms with Gasteiger partial charge in [-0.25, -0.2) is 0 Å². The number of hydrogen-bond donors (Lipinski definition) is 0. The Hall–Kier alpha value is -2.45. The van der Waals surface area contributed by atoms with Gasteiger partial charge in [-0.1, -0.05) is 0 Å². The van der Waals surface area contributed by atoms with E-state index in [4.69, 9.17) is 28.4 Å². The zero-order valence-corrected chi connectivity index (χ0v) is 16.5. The van der Waals surface area contributed by atoms with E-state index in [2.05, 4.69) is 15.9 Å². The van der Waals surface area contributed by atoms with Crippen LogP contribution in [0, 0.1) is 0 Å². The van der Waals surface area contributed by atoms with Crippen LogP contribution in [0.1, 0.15) is 22.0 Å². The molecule has 4 rings (SSSR count). The van der Waals surface area contributed by atoms with Gasteiger partial charge in [-0.15, -0.1) is 0 Å². The summed E-state index contributed by atoms with van der Waals surface area (Å²) in [5.41, 5.74) is 1.26. The SMILES string of the molecule is COc1cc(Br)c(C(=O)[C@@H]2O[C@@H]2c2cc(OC)c3c(c2)OCO3)cc1OC. The maximum atomic E-state index is 12.9. The van der Waals surface area contributed by atoms with Crippen molar-refractivity contribution < 1.29 is 33.2 Å². The van der Waals surface area contributed by atoms with Crippen molar-refractivity contribution in [2.24, 2.45) is 0 Å². The Morgan fingerprint density at radius 3 is 2.41 bits per heavy atom. The largest absolute Gasteiger partial charge is 0.493 e. The number of benzene rings is 2. The molecule has 1 fully saturated rings. The molecule has 2 aliphatic rings. The molecule has 2 aromatic rings. The lowest BCUT2D eigenvalue weighted by Gasteiger charge is -2.10. The predicted octanol–water partition coefficient (Wildman–Crippen LogP) is 3.53. The molecule has 0 spiro atoms. The van der Waals surface area contributed by atoms with Crippen LogP contribution in [0.4, 0.5) is 0 Å². The van der Waals surface area contributed by atoms with Gasteiger partial charge in [0.05, 0.1) is 21.3 Å². The summed E-state index contributed by atoms with van der Waals surface area (Å²) in [6.45, 7) is 0.140. The van der Waals surface area contributed by atoms with E-state index in [0.29, 0.717) is 38.8 Å². The van der Waals surface area contributed by atoms with Gasteiger partial charge in [0.2, 0.25) is 12.5 Å². The minimum Gasteiger partial charge on any atom is -0.493 e. The van der Waals surface area contributed by atoms with E-state index in [0.717, 1.165) is 5.56 Å². The lowest BCUT2D eigenvalue weighted by atomic mass is 10.0. The maximum absolute atomic E-state index is 12.9. The smallest absolute Gasteiger partial charge is 0.231 e. The highest BCUT2D eigenvalue weighted by atomic mass is 79.9. The van der Waals surface area contributed by atoms with Crippen LogP contribution >= 0.6 is 15.9 Å². The summed E-state index contributed by atoms with van der Waals surface area (Å²) in [6, 6.07) is 6.96. The molecule has 1 saturated heterocycles. The van der Waals surface area contributed by atoms with Crippen molar-refractivity contribution in [1.29, 1.82) is 0 Å². The quantitative estimate of drug-likeness (QED) is 0.506. The van der Waals surface area contributed by atoms with Crippen molar-refractivity contribution in [3.8, 4) is 28.7 Å². The van der Waals surface area contributed by atoms with E-state index in [1.54, 1.807) is 32.4 Å². The topological polar surface area (TPSA) is 75.8 Å². The molecule has 0 saturated carbocycles. The van der Waals surface area contributed by atoms with Crippen molar-refractivity contribution >= 4 is 21.7 Å². The van der Waals surface area contributed by atoms with Gasteiger partial charge < -0.3 is 28.4 Å². The summed E-state index contributed by atoms with van der Waals surface area (Å²) in [6.07, 6.45) is -0.967. The highest BCUT2D eigenvalue weighted by Gasteiger charge is 2.47. The molecule has 0 aliphatic carbocycles. The third-order valence-corrected chi connectivity index (χ3v) is 5.15. The molecular weight excluding hydrogens is 420 g/mol. The fraction of sp³-hybridized carbons (Fsp3) is 0.316. The summed E-state index contributed by atoms with van der Waals surface area (Å²) in [4.78, 5) is 12.9. The lowest BCUT2D eigenvalue weighted by Crippen LogP contribution is -2.10. The van der Waals surface area contributed by atoms with Crippen LogP contribution in [-0.4, -0.2) is 40.0 Å². The average molecular weight is 437 g/mol. The van der Waals surface area contributed by atoms with Gasteiger partial charge in [-0.2, -0.15) is 0 Å². The molecule has 27 heavy (non-hydrogen) atoms. The summed E-state index contributed by atoms with van der Waals surface area (Å²) in [5, 5.41) is 0. The Bertz CT molecular complexity index is 911. The van der Waals surface area contributed by atoms with Crippen molar-refractivity contribution in [2.75, 3.05) is 28.1 Å². The van der Waals surface area contributed by atoms with Gasteiger partial charge in [0.1, 0.15) is 6.10 Å². The Morgan fingerprint density at radius 1 is 1.00 bits per heavy atom. The summed E-state index contributed by atoms with van der Waals surface area (Å²) >= 11 is 3.42. The number of ether oxygens (including phenoxy) is 6. The first-order valence-electron chi connectivity index (χ1n) is 8.16. The number of methoxy groups -OCH3 is 3. The summed E-state index contributed by atoms with van der Waals surface area (Å²) < 4.78 is 33.0. The number of epoxide rings is 1. The molecule has 2 atom stereocenters. The number of carbonyl (C=O) groups is 1. The van der Waals surface area contributed by atoms with Crippen LogP contribution in [0.5, 0.6) is 28.7 Å². The van der Waals surface area contributed by atoms with Crippen LogP contribution in [0.25, 0.3) is 0 Å². The predicted molar refractivity (Wildman–Crippen MR) is 98.3 cm³/mol. The van der Waals surface area contributed by atoms with Crippen LogP contribution in [-0.2, 0) is 4.74 Å². The lowest BCUT2D eigenvalue weighted by molar-refractivity contribution is 0.0952. The molecule has 0 bridgehead atoms. The van der Waals surface area contributed by atoms with E-state index in [-0.39, 0.29) is 18.7 Å². The maximum Gasteiger partial charge on any atom is 0.231 e. The van der Waals surface area contributed by atoms with E-state index >= 15 is 0 Å². The fourth-order valence-corrected chi connectivity index (χ4v) is 3.59. The third kappa shape index (κ3) is 3.08. The van der Waals surface area contributed by atoms with Gasteiger partial charge in [0.15, 0.2) is 34.9 Å². The van der Waals surface area contributed by atoms with Crippen molar-refractivity contribution in [1.82, 2.24) is 0 Å². The molecule has 0 radical (unpaired) electrons. The highest BCUT2D eigenvalue weighted by Crippen LogP contribution is 2.49. The molecule has 0 aromatic heterocycles.